The van der Waals surface area contributed by atoms with E-state index in [1.807, 2.05) is 0 Å². The fourth-order valence-electron chi connectivity index (χ4n) is 3.81. The van der Waals surface area contributed by atoms with E-state index in [1.165, 1.54) is 40.9 Å². The third kappa shape index (κ3) is 1.78. The molecule has 2 aromatic rings. The van der Waals surface area contributed by atoms with Gasteiger partial charge < -0.3 is 0 Å². The van der Waals surface area contributed by atoms with Crippen molar-refractivity contribution in [2.75, 3.05) is 19.6 Å². The number of amidine groups is 1. The summed E-state index contributed by atoms with van der Waals surface area (Å²) < 4.78 is 1.30. The number of benzene rings is 1. The second-order valence-corrected chi connectivity index (χ2v) is 7.29. The van der Waals surface area contributed by atoms with Gasteiger partial charge in [-0.05, 0) is 43.5 Å². The van der Waals surface area contributed by atoms with Crippen LogP contribution in [0.3, 0.4) is 0 Å². The number of fused-ring (bicyclic) bond motifs is 3. The smallest absolute Gasteiger partial charge is 0.202 e. The molecule has 0 saturated carbocycles. The lowest BCUT2D eigenvalue weighted by Crippen LogP contribution is -2.58. The van der Waals surface area contributed by atoms with Crippen molar-refractivity contribution in [3.8, 4) is 0 Å². The van der Waals surface area contributed by atoms with Crippen LogP contribution >= 0.6 is 11.3 Å². The Morgan fingerprint density at radius 3 is 2.90 bits per heavy atom. The molecular formula is C16H17N3OS. The lowest BCUT2D eigenvalue weighted by molar-refractivity contribution is -0.155. The van der Waals surface area contributed by atoms with E-state index in [0.29, 0.717) is 5.92 Å². The Morgan fingerprint density at radius 2 is 2.14 bits per heavy atom. The van der Waals surface area contributed by atoms with Gasteiger partial charge in [0.05, 0.1) is 11.4 Å². The van der Waals surface area contributed by atoms with E-state index < -0.39 is 0 Å². The second kappa shape index (κ2) is 4.29. The van der Waals surface area contributed by atoms with Crippen LogP contribution in [0.1, 0.15) is 17.7 Å². The van der Waals surface area contributed by atoms with Crippen molar-refractivity contribution in [1.82, 2.24) is 10.4 Å². The van der Waals surface area contributed by atoms with E-state index in [1.54, 1.807) is 11.3 Å². The van der Waals surface area contributed by atoms with E-state index in [9.17, 15) is 0 Å². The maximum atomic E-state index is 5.99. The highest BCUT2D eigenvalue weighted by atomic mass is 32.1. The van der Waals surface area contributed by atoms with Gasteiger partial charge in [0.2, 0.25) is 5.72 Å². The molecule has 3 fully saturated rings. The van der Waals surface area contributed by atoms with Crippen LogP contribution in [0.5, 0.6) is 0 Å². The minimum atomic E-state index is -0.345. The number of hydrogen-bond acceptors (Lipinski definition) is 5. The molecule has 0 unspecified atom stereocenters. The largest absolute Gasteiger partial charge is 0.298 e. The highest BCUT2D eigenvalue weighted by molar-refractivity contribution is 7.20. The zero-order valence-corrected chi connectivity index (χ0v) is 12.5. The molecule has 1 spiro atoms. The van der Waals surface area contributed by atoms with E-state index in [0.717, 1.165) is 12.4 Å². The molecule has 21 heavy (non-hydrogen) atoms. The van der Waals surface area contributed by atoms with Crippen molar-refractivity contribution in [3.05, 3.63) is 35.2 Å². The Bertz CT molecular complexity index is 699. The minimum Gasteiger partial charge on any atom is -0.298 e. The van der Waals surface area contributed by atoms with Crippen LogP contribution in [0.25, 0.3) is 10.1 Å². The normalized spacial score (nSPS) is 34.4. The predicted octanol–water partition coefficient (Wildman–Crippen LogP) is 2.60. The quantitative estimate of drug-likeness (QED) is 0.879. The predicted molar refractivity (Wildman–Crippen MR) is 84.5 cm³/mol. The summed E-state index contributed by atoms with van der Waals surface area (Å²) in [5.41, 5.74) is 2.77. The van der Waals surface area contributed by atoms with Crippen molar-refractivity contribution in [2.45, 2.75) is 18.6 Å². The molecule has 5 heteroatoms. The number of nitrogens with zero attached hydrogens (tertiary/aromatic N) is 2. The van der Waals surface area contributed by atoms with Gasteiger partial charge in [0.1, 0.15) is 0 Å². The van der Waals surface area contributed by atoms with Gasteiger partial charge in [0.25, 0.3) is 0 Å². The number of nitrogens with one attached hydrogen (secondary N) is 1. The van der Waals surface area contributed by atoms with Gasteiger partial charge in [-0.1, -0.05) is 18.2 Å². The lowest BCUT2D eigenvalue weighted by atomic mass is 9.81. The first-order chi connectivity index (χ1) is 10.3. The highest BCUT2D eigenvalue weighted by Crippen LogP contribution is 2.41. The molecule has 1 atom stereocenters. The molecule has 3 saturated heterocycles. The van der Waals surface area contributed by atoms with Crippen molar-refractivity contribution in [2.24, 2.45) is 10.9 Å². The van der Waals surface area contributed by atoms with E-state index in [-0.39, 0.29) is 5.72 Å². The van der Waals surface area contributed by atoms with Gasteiger partial charge in [-0.2, -0.15) is 0 Å². The summed E-state index contributed by atoms with van der Waals surface area (Å²) in [5.74, 6) is 1.46. The van der Waals surface area contributed by atoms with Crippen LogP contribution in [0.2, 0.25) is 0 Å². The second-order valence-electron chi connectivity index (χ2n) is 6.21. The monoisotopic (exact) mass is 299 g/mol. The maximum absolute atomic E-state index is 5.99. The average molecular weight is 299 g/mol. The molecule has 1 aromatic heterocycles. The molecule has 4 aliphatic heterocycles. The first-order valence-electron chi connectivity index (χ1n) is 7.58. The maximum Gasteiger partial charge on any atom is 0.202 e. The first kappa shape index (κ1) is 12.1. The Labute approximate surface area is 127 Å². The average Bonchev–Trinajstić information content (AvgIpc) is 3.13. The molecular weight excluding hydrogens is 282 g/mol. The van der Waals surface area contributed by atoms with Crippen LogP contribution in [-0.2, 0) is 4.84 Å². The third-order valence-corrected chi connectivity index (χ3v) is 6.08. The minimum absolute atomic E-state index is 0.345. The molecule has 1 N–H and O–H groups in total. The molecule has 1 aromatic carbocycles. The van der Waals surface area contributed by atoms with Gasteiger partial charge in [0.15, 0.2) is 5.84 Å². The highest BCUT2D eigenvalue weighted by Gasteiger charge is 2.51. The van der Waals surface area contributed by atoms with E-state index in [4.69, 9.17) is 9.83 Å². The third-order valence-electron chi connectivity index (χ3n) is 4.96. The number of aliphatic imine (C=N–C) groups is 1. The van der Waals surface area contributed by atoms with E-state index in [2.05, 4.69) is 40.7 Å². The molecule has 0 aliphatic carbocycles. The molecule has 4 aliphatic rings. The van der Waals surface area contributed by atoms with Crippen LogP contribution in [0.15, 0.2) is 35.3 Å². The van der Waals surface area contributed by atoms with Crippen LogP contribution < -0.4 is 5.48 Å². The number of thiophene rings is 1. The Morgan fingerprint density at radius 1 is 1.29 bits per heavy atom. The van der Waals surface area contributed by atoms with Gasteiger partial charge >= 0.3 is 0 Å². The molecule has 108 valence electrons. The molecule has 0 amide bonds. The molecule has 6 rings (SSSR count). The summed E-state index contributed by atoms with van der Waals surface area (Å²) in [6.07, 6.45) is 2.40. The summed E-state index contributed by atoms with van der Waals surface area (Å²) >= 11 is 1.78. The van der Waals surface area contributed by atoms with Crippen LogP contribution in [0, 0.1) is 5.92 Å². The molecule has 5 heterocycles. The van der Waals surface area contributed by atoms with Crippen molar-refractivity contribution in [3.63, 3.8) is 0 Å². The summed E-state index contributed by atoms with van der Waals surface area (Å²) in [6.45, 7) is 3.33. The number of hydroxylamine groups is 1. The van der Waals surface area contributed by atoms with Crippen molar-refractivity contribution in [1.29, 1.82) is 0 Å². The SMILES string of the molecule is c1ccc2sc(C3=N[C@@]4(CN5CCC4CC5)ON3)cc2c1. The number of piperidine rings is 3. The van der Waals surface area contributed by atoms with Crippen LogP contribution in [0.4, 0.5) is 0 Å². The van der Waals surface area contributed by atoms with Gasteiger partial charge in [0, 0.05) is 10.6 Å². The lowest BCUT2D eigenvalue weighted by Gasteiger charge is -2.47. The topological polar surface area (TPSA) is 36.9 Å². The fourth-order valence-corrected chi connectivity index (χ4v) is 4.81. The van der Waals surface area contributed by atoms with Crippen molar-refractivity contribution >= 4 is 27.3 Å². The molecule has 0 radical (unpaired) electrons. The Balaban J connectivity index is 1.54. The summed E-state index contributed by atoms with van der Waals surface area (Å²) in [4.78, 5) is 14.6. The summed E-state index contributed by atoms with van der Waals surface area (Å²) in [7, 11) is 0. The van der Waals surface area contributed by atoms with Gasteiger partial charge in [-0.15, -0.1) is 11.3 Å². The summed E-state index contributed by atoms with van der Waals surface area (Å²) in [6, 6.07) is 10.7. The Kier molecular flexibility index (Phi) is 2.48. The molecule has 2 bridgehead atoms. The van der Waals surface area contributed by atoms with Gasteiger partial charge in [-0.3, -0.25) is 4.90 Å². The Hall–Kier alpha value is -1.43. The number of hydrogen-bond donors (Lipinski definition) is 1. The number of rotatable bonds is 1. The van der Waals surface area contributed by atoms with Gasteiger partial charge in [-0.25, -0.2) is 15.3 Å². The van der Waals surface area contributed by atoms with E-state index >= 15 is 0 Å². The fraction of sp³-hybridized carbons (Fsp3) is 0.438. The zero-order chi connectivity index (χ0) is 13.9. The zero-order valence-electron chi connectivity index (χ0n) is 11.7. The standard InChI is InChI=1S/C16H17N3OS/c1-2-4-13-11(3-1)9-14(21-13)15-17-16(20-18-15)10-19-7-5-12(16)6-8-19/h1-4,9,12H,5-8,10H2,(H,17,18)/t16-/m0/s1. The first-order valence-corrected chi connectivity index (χ1v) is 8.39. The molecule has 4 nitrogen and oxygen atoms in total. The van der Waals surface area contributed by atoms with Crippen molar-refractivity contribution < 1.29 is 4.84 Å². The van der Waals surface area contributed by atoms with Crippen LogP contribution in [-0.4, -0.2) is 36.1 Å². The summed E-state index contributed by atoms with van der Waals surface area (Å²) in [5, 5.41) is 1.27.